The summed E-state index contributed by atoms with van der Waals surface area (Å²) in [5.74, 6) is 0. The molecule has 23 heavy (non-hydrogen) atoms. The molecule has 2 heteroatoms. The monoisotopic (exact) mass is 306 g/mol. The fraction of sp³-hybridized carbons (Fsp3) is 0.238. The summed E-state index contributed by atoms with van der Waals surface area (Å²) in [7, 11) is 8.23. The van der Waals surface area contributed by atoms with Gasteiger partial charge in [-0.05, 0) is 41.8 Å². The van der Waals surface area contributed by atoms with E-state index in [1.165, 1.54) is 22.5 Å². The molecular weight excluding hydrogens is 280 g/mol. The lowest BCUT2D eigenvalue weighted by Gasteiger charge is -2.12. The summed E-state index contributed by atoms with van der Waals surface area (Å²) < 4.78 is 0. The van der Waals surface area contributed by atoms with Gasteiger partial charge in [-0.1, -0.05) is 48.6 Å². The Balaban J connectivity index is 1.86. The maximum Gasteiger partial charge on any atom is 0.0361 e. The first-order valence-corrected chi connectivity index (χ1v) is 7.93. The molecule has 0 fully saturated rings. The van der Waals surface area contributed by atoms with Crippen LogP contribution in [0.4, 0.5) is 11.4 Å². The van der Waals surface area contributed by atoms with Crippen LogP contribution >= 0.6 is 0 Å². The molecule has 0 aliphatic carbocycles. The fourth-order valence-electron chi connectivity index (χ4n) is 2.26. The summed E-state index contributed by atoms with van der Waals surface area (Å²) in [6.45, 7) is 0. The second-order valence-corrected chi connectivity index (χ2v) is 6.04. The number of hydrogen-bond acceptors (Lipinski definition) is 2. The topological polar surface area (TPSA) is 6.48 Å². The first kappa shape index (κ1) is 16.9. The van der Waals surface area contributed by atoms with Gasteiger partial charge in [0.1, 0.15) is 0 Å². The van der Waals surface area contributed by atoms with E-state index in [1.54, 1.807) is 0 Å². The summed E-state index contributed by atoms with van der Waals surface area (Å²) in [5, 5.41) is 0. The molecule has 0 aromatic heterocycles. The van der Waals surface area contributed by atoms with Gasteiger partial charge in [-0.25, -0.2) is 0 Å². The molecule has 2 rings (SSSR count). The van der Waals surface area contributed by atoms with Gasteiger partial charge >= 0.3 is 0 Å². The predicted octanol–water partition coefficient (Wildman–Crippen LogP) is 4.63. The molecule has 0 saturated carbocycles. The number of rotatable bonds is 6. The molecule has 0 unspecified atom stereocenters. The molecule has 0 spiro atoms. The standard InChI is InChI=1S/C21H26N2/c1-22(2)20-14-10-18(11-15-20)8-6-5-7-9-19-12-16-21(17-13-19)23(3)4/h5-8,10-17H,9H2,1-4H3/b7-5+,8-6+. The zero-order valence-electron chi connectivity index (χ0n) is 14.5. The van der Waals surface area contributed by atoms with Crippen LogP contribution < -0.4 is 9.80 Å². The summed E-state index contributed by atoms with van der Waals surface area (Å²) in [5.41, 5.74) is 5.00. The van der Waals surface area contributed by atoms with Crippen molar-refractivity contribution in [1.29, 1.82) is 0 Å². The first-order valence-electron chi connectivity index (χ1n) is 7.93. The van der Waals surface area contributed by atoms with E-state index >= 15 is 0 Å². The Bertz CT molecular complexity index is 647. The van der Waals surface area contributed by atoms with Crippen molar-refractivity contribution in [2.75, 3.05) is 38.0 Å². The fourth-order valence-corrected chi connectivity index (χ4v) is 2.26. The predicted molar refractivity (Wildman–Crippen MR) is 103 cm³/mol. The highest BCUT2D eigenvalue weighted by atomic mass is 15.1. The van der Waals surface area contributed by atoms with E-state index in [-0.39, 0.29) is 0 Å². The van der Waals surface area contributed by atoms with Crippen LogP contribution in [0.15, 0.2) is 66.8 Å². The van der Waals surface area contributed by atoms with Crippen LogP contribution in [0.1, 0.15) is 11.1 Å². The van der Waals surface area contributed by atoms with Crippen molar-refractivity contribution in [3.63, 3.8) is 0 Å². The summed E-state index contributed by atoms with van der Waals surface area (Å²) in [4.78, 5) is 4.22. The number of anilines is 2. The van der Waals surface area contributed by atoms with Gasteiger partial charge in [0.25, 0.3) is 0 Å². The zero-order valence-corrected chi connectivity index (χ0v) is 14.5. The van der Waals surface area contributed by atoms with Gasteiger partial charge in [0.2, 0.25) is 0 Å². The lowest BCUT2D eigenvalue weighted by atomic mass is 10.1. The molecule has 0 atom stereocenters. The lowest BCUT2D eigenvalue weighted by Crippen LogP contribution is -2.08. The highest BCUT2D eigenvalue weighted by Gasteiger charge is 1.94. The van der Waals surface area contributed by atoms with Gasteiger partial charge < -0.3 is 9.80 Å². The van der Waals surface area contributed by atoms with Gasteiger partial charge in [0, 0.05) is 39.6 Å². The van der Waals surface area contributed by atoms with Crippen LogP contribution in [0.5, 0.6) is 0 Å². The van der Waals surface area contributed by atoms with Crippen molar-refractivity contribution in [3.8, 4) is 0 Å². The van der Waals surface area contributed by atoms with Crippen LogP contribution in [0.25, 0.3) is 6.08 Å². The maximum atomic E-state index is 2.19. The molecular formula is C21H26N2. The minimum Gasteiger partial charge on any atom is -0.378 e. The van der Waals surface area contributed by atoms with Gasteiger partial charge in [-0.2, -0.15) is 0 Å². The number of benzene rings is 2. The van der Waals surface area contributed by atoms with Crippen LogP contribution in [-0.4, -0.2) is 28.2 Å². The van der Waals surface area contributed by atoms with Crippen LogP contribution in [0, 0.1) is 0 Å². The number of allylic oxidation sites excluding steroid dienone is 3. The third kappa shape index (κ3) is 5.33. The van der Waals surface area contributed by atoms with Crippen molar-refractivity contribution in [2.24, 2.45) is 0 Å². The largest absolute Gasteiger partial charge is 0.378 e. The minimum atomic E-state index is 0.956. The molecule has 2 aromatic carbocycles. The number of nitrogens with zero attached hydrogens (tertiary/aromatic N) is 2. The van der Waals surface area contributed by atoms with Crippen molar-refractivity contribution < 1.29 is 0 Å². The quantitative estimate of drug-likeness (QED) is 0.718. The van der Waals surface area contributed by atoms with E-state index in [9.17, 15) is 0 Å². The van der Waals surface area contributed by atoms with E-state index in [0.29, 0.717) is 0 Å². The normalized spacial score (nSPS) is 11.3. The summed E-state index contributed by atoms with van der Waals surface area (Å²) in [6.07, 6.45) is 9.48. The van der Waals surface area contributed by atoms with Gasteiger partial charge in [0.15, 0.2) is 0 Å². The Labute approximate surface area is 140 Å². The molecule has 0 aliphatic heterocycles. The van der Waals surface area contributed by atoms with Crippen LogP contribution in [0.2, 0.25) is 0 Å². The third-order valence-electron chi connectivity index (χ3n) is 3.75. The molecule has 0 aliphatic rings. The highest BCUT2D eigenvalue weighted by molar-refractivity contribution is 5.56. The van der Waals surface area contributed by atoms with Crippen molar-refractivity contribution >= 4 is 17.5 Å². The van der Waals surface area contributed by atoms with E-state index in [4.69, 9.17) is 0 Å². The Morgan fingerprint density at radius 2 is 1.22 bits per heavy atom. The van der Waals surface area contributed by atoms with Crippen LogP contribution in [-0.2, 0) is 6.42 Å². The lowest BCUT2D eigenvalue weighted by molar-refractivity contribution is 1.12. The maximum absolute atomic E-state index is 2.19. The Hall–Kier alpha value is -2.48. The summed E-state index contributed by atoms with van der Waals surface area (Å²) in [6, 6.07) is 17.2. The van der Waals surface area contributed by atoms with E-state index < -0.39 is 0 Å². The van der Waals surface area contributed by atoms with E-state index in [0.717, 1.165) is 6.42 Å². The molecule has 2 aromatic rings. The minimum absolute atomic E-state index is 0.956. The van der Waals surface area contributed by atoms with E-state index in [2.05, 4.69) is 111 Å². The molecule has 0 N–H and O–H groups in total. The summed E-state index contributed by atoms with van der Waals surface area (Å²) >= 11 is 0. The molecule has 0 amide bonds. The third-order valence-corrected chi connectivity index (χ3v) is 3.75. The second-order valence-electron chi connectivity index (χ2n) is 6.04. The zero-order chi connectivity index (χ0) is 16.7. The molecule has 0 saturated heterocycles. The highest BCUT2D eigenvalue weighted by Crippen LogP contribution is 2.14. The molecule has 0 heterocycles. The van der Waals surface area contributed by atoms with Gasteiger partial charge in [-0.3, -0.25) is 0 Å². The average Bonchev–Trinajstić information content (AvgIpc) is 2.55. The van der Waals surface area contributed by atoms with Crippen molar-refractivity contribution in [1.82, 2.24) is 0 Å². The molecule has 0 bridgehead atoms. The smallest absolute Gasteiger partial charge is 0.0361 e. The Morgan fingerprint density at radius 3 is 1.74 bits per heavy atom. The number of hydrogen-bond donors (Lipinski definition) is 0. The Kier molecular flexibility index (Phi) is 6.04. The Morgan fingerprint density at radius 1 is 0.696 bits per heavy atom. The molecule has 120 valence electrons. The molecule has 0 radical (unpaired) electrons. The van der Waals surface area contributed by atoms with Crippen molar-refractivity contribution in [2.45, 2.75) is 6.42 Å². The van der Waals surface area contributed by atoms with E-state index in [1.807, 2.05) is 0 Å². The SMILES string of the molecule is CN(C)c1ccc(/C=C/C=C/Cc2ccc(N(C)C)cc2)cc1. The molecule has 2 nitrogen and oxygen atoms in total. The first-order chi connectivity index (χ1) is 11.1. The second kappa shape index (κ2) is 8.23. The van der Waals surface area contributed by atoms with Crippen molar-refractivity contribution in [3.05, 3.63) is 77.9 Å². The average molecular weight is 306 g/mol. The van der Waals surface area contributed by atoms with Gasteiger partial charge in [0.05, 0.1) is 0 Å². The van der Waals surface area contributed by atoms with Crippen LogP contribution in [0.3, 0.4) is 0 Å². The van der Waals surface area contributed by atoms with Gasteiger partial charge in [-0.15, -0.1) is 0 Å².